The molecule has 6 nitrogen and oxygen atoms in total. The second-order valence-corrected chi connectivity index (χ2v) is 4.55. The molecule has 88 valence electrons. The lowest BCUT2D eigenvalue weighted by atomic mass is 10.0. The molecule has 6 heteroatoms. The molecule has 0 amide bonds. The van der Waals surface area contributed by atoms with Crippen molar-refractivity contribution in [2.75, 3.05) is 31.2 Å². The van der Waals surface area contributed by atoms with Gasteiger partial charge in [-0.1, -0.05) is 0 Å². The van der Waals surface area contributed by atoms with Gasteiger partial charge in [0.1, 0.15) is 5.54 Å². The molecule has 2 N–H and O–H groups in total. The van der Waals surface area contributed by atoms with Gasteiger partial charge in [-0.15, -0.1) is 0 Å². The van der Waals surface area contributed by atoms with Gasteiger partial charge in [0.15, 0.2) is 0 Å². The zero-order valence-corrected chi connectivity index (χ0v) is 9.19. The van der Waals surface area contributed by atoms with E-state index >= 15 is 0 Å². The molecule has 0 aliphatic carbocycles. The van der Waals surface area contributed by atoms with E-state index in [0.29, 0.717) is 25.1 Å². The fourth-order valence-corrected chi connectivity index (χ4v) is 2.21. The van der Waals surface area contributed by atoms with Crippen molar-refractivity contribution in [1.29, 1.82) is 0 Å². The number of aromatic nitrogens is 2. The molecule has 0 aromatic carbocycles. The largest absolute Gasteiger partial charge is 0.379 e. The van der Waals surface area contributed by atoms with Gasteiger partial charge in [0.2, 0.25) is 0 Å². The van der Waals surface area contributed by atoms with Crippen molar-refractivity contribution >= 4 is 5.95 Å². The highest BCUT2D eigenvalue weighted by atomic mass is 16.5. The number of hydrogen-bond acceptors (Lipinski definition) is 6. The van der Waals surface area contributed by atoms with Crippen molar-refractivity contribution in [1.82, 2.24) is 10.1 Å². The molecule has 0 spiro atoms. The van der Waals surface area contributed by atoms with E-state index in [1.807, 2.05) is 0 Å². The highest BCUT2D eigenvalue weighted by Crippen LogP contribution is 2.28. The van der Waals surface area contributed by atoms with Crippen LogP contribution in [0.4, 0.5) is 5.95 Å². The second-order valence-electron chi connectivity index (χ2n) is 4.55. The van der Waals surface area contributed by atoms with Gasteiger partial charge in [0.05, 0.1) is 6.61 Å². The van der Waals surface area contributed by atoms with Crippen LogP contribution in [0.1, 0.15) is 25.2 Å². The number of nitrogens with zero attached hydrogens (tertiary/aromatic N) is 3. The van der Waals surface area contributed by atoms with Crippen LogP contribution < -0.4 is 10.6 Å². The van der Waals surface area contributed by atoms with E-state index in [9.17, 15) is 0 Å². The SMILES string of the molecule is NC1(c2nc(N3CCCC3)no2)CCOC1. The predicted octanol–water partition coefficient (Wildman–Crippen LogP) is 0.244. The summed E-state index contributed by atoms with van der Waals surface area (Å²) in [5.74, 6) is 1.18. The predicted molar refractivity (Wildman–Crippen MR) is 57.0 cm³/mol. The van der Waals surface area contributed by atoms with E-state index in [0.717, 1.165) is 19.5 Å². The van der Waals surface area contributed by atoms with Crippen LogP contribution in [0.15, 0.2) is 4.52 Å². The summed E-state index contributed by atoms with van der Waals surface area (Å²) in [4.78, 5) is 6.52. The van der Waals surface area contributed by atoms with Crippen molar-refractivity contribution in [3.05, 3.63) is 5.89 Å². The molecular weight excluding hydrogens is 208 g/mol. The molecule has 1 atom stereocenters. The Morgan fingerprint density at radius 2 is 2.12 bits per heavy atom. The molecule has 0 bridgehead atoms. The van der Waals surface area contributed by atoms with Crippen molar-refractivity contribution in [2.45, 2.75) is 24.8 Å². The van der Waals surface area contributed by atoms with E-state index in [1.165, 1.54) is 12.8 Å². The fourth-order valence-electron chi connectivity index (χ4n) is 2.21. The van der Waals surface area contributed by atoms with Gasteiger partial charge >= 0.3 is 0 Å². The van der Waals surface area contributed by atoms with E-state index in [4.69, 9.17) is 15.0 Å². The Labute approximate surface area is 93.7 Å². The van der Waals surface area contributed by atoms with Crippen LogP contribution in [0.2, 0.25) is 0 Å². The summed E-state index contributed by atoms with van der Waals surface area (Å²) in [7, 11) is 0. The zero-order chi connectivity index (χ0) is 11.0. The summed E-state index contributed by atoms with van der Waals surface area (Å²) in [5.41, 5.74) is 5.57. The molecule has 2 saturated heterocycles. The van der Waals surface area contributed by atoms with Gasteiger partial charge in [-0.05, 0) is 24.4 Å². The van der Waals surface area contributed by atoms with Crippen molar-refractivity contribution in [2.24, 2.45) is 5.73 Å². The van der Waals surface area contributed by atoms with Crippen LogP contribution in [0.3, 0.4) is 0 Å². The first-order valence-electron chi connectivity index (χ1n) is 5.74. The third-order valence-electron chi connectivity index (χ3n) is 3.28. The number of ether oxygens (including phenoxy) is 1. The van der Waals surface area contributed by atoms with Crippen molar-refractivity contribution < 1.29 is 9.26 Å². The maximum Gasteiger partial charge on any atom is 0.266 e. The number of anilines is 1. The lowest BCUT2D eigenvalue weighted by molar-refractivity contribution is 0.166. The van der Waals surface area contributed by atoms with Crippen LogP contribution in [0.25, 0.3) is 0 Å². The summed E-state index contributed by atoms with van der Waals surface area (Å²) in [6.45, 7) is 3.15. The molecule has 0 radical (unpaired) electrons. The molecule has 1 aromatic heterocycles. The Kier molecular flexibility index (Phi) is 2.33. The molecular formula is C10H16N4O2. The van der Waals surface area contributed by atoms with Gasteiger partial charge in [-0.25, -0.2) is 0 Å². The topological polar surface area (TPSA) is 77.4 Å². The lowest BCUT2D eigenvalue weighted by Gasteiger charge is -2.15. The maximum absolute atomic E-state index is 6.15. The van der Waals surface area contributed by atoms with Crippen molar-refractivity contribution in [3.63, 3.8) is 0 Å². The Balaban J connectivity index is 1.81. The average Bonchev–Trinajstić information content (AvgIpc) is 2.98. The molecule has 2 aliphatic rings. The summed E-state index contributed by atoms with van der Waals surface area (Å²) >= 11 is 0. The highest BCUT2D eigenvalue weighted by molar-refractivity contribution is 5.30. The Bertz CT molecular complexity index is 367. The van der Waals surface area contributed by atoms with Gasteiger partial charge < -0.3 is 19.9 Å². The summed E-state index contributed by atoms with van der Waals surface area (Å²) in [6.07, 6.45) is 3.14. The highest BCUT2D eigenvalue weighted by Gasteiger charge is 2.38. The molecule has 1 aromatic rings. The number of nitrogens with two attached hydrogens (primary N) is 1. The van der Waals surface area contributed by atoms with E-state index in [2.05, 4.69) is 15.0 Å². The third-order valence-corrected chi connectivity index (χ3v) is 3.28. The van der Waals surface area contributed by atoms with Crippen LogP contribution in [-0.2, 0) is 10.3 Å². The first-order valence-corrected chi connectivity index (χ1v) is 5.74. The van der Waals surface area contributed by atoms with Crippen molar-refractivity contribution in [3.8, 4) is 0 Å². The molecule has 2 aliphatic heterocycles. The maximum atomic E-state index is 6.15. The Morgan fingerprint density at radius 3 is 2.81 bits per heavy atom. The Hall–Kier alpha value is -1.14. The fraction of sp³-hybridized carbons (Fsp3) is 0.800. The smallest absolute Gasteiger partial charge is 0.266 e. The Morgan fingerprint density at radius 1 is 1.31 bits per heavy atom. The average molecular weight is 224 g/mol. The van der Waals surface area contributed by atoms with Gasteiger partial charge in [0.25, 0.3) is 11.8 Å². The lowest BCUT2D eigenvalue weighted by Crippen LogP contribution is -2.37. The minimum atomic E-state index is -0.578. The van der Waals surface area contributed by atoms with E-state index < -0.39 is 5.54 Å². The number of rotatable bonds is 2. The van der Waals surface area contributed by atoms with Crippen LogP contribution >= 0.6 is 0 Å². The van der Waals surface area contributed by atoms with Gasteiger partial charge in [0, 0.05) is 19.7 Å². The van der Waals surface area contributed by atoms with Crippen LogP contribution in [0, 0.1) is 0 Å². The van der Waals surface area contributed by atoms with Gasteiger partial charge in [-0.3, -0.25) is 0 Å². The molecule has 2 fully saturated rings. The first kappa shape index (κ1) is 10.0. The van der Waals surface area contributed by atoms with Crippen LogP contribution in [0.5, 0.6) is 0 Å². The first-order chi connectivity index (χ1) is 7.78. The van der Waals surface area contributed by atoms with Crippen LogP contribution in [-0.4, -0.2) is 36.4 Å². The zero-order valence-electron chi connectivity index (χ0n) is 9.19. The second kappa shape index (κ2) is 3.71. The molecule has 3 heterocycles. The summed E-state index contributed by atoms with van der Waals surface area (Å²) in [6, 6.07) is 0. The summed E-state index contributed by atoms with van der Waals surface area (Å²) in [5, 5.41) is 3.99. The molecule has 3 rings (SSSR count). The number of hydrogen-bond donors (Lipinski definition) is 1. The van der Waals surface area contributed by atoms with E-state index in [1.54, 1.807) is 0 Å². The van der Waals surface area contributed by atoms with E-state index in [-0.39, 0.29) is 0 Å². The molecule has 0 saturated carbocycles. The third kappa shape index (κ3) is 1.58. The standard InChI is InChI=1S/C10H16N4O2/c11-10(3-6-15-7-10)8-12-9(13-16-8)14-4-1-2-5-14/h1-7,11H2. The van der Waals surface area contributed by atoms with Gasteiger partial charge in [-0.2, -0.15) is 4.98 Å². The normalized spacial score (nSPS) is 30.2. The molecule has 1 unspecified atom stereocenters. The minimum absolute atomic E-state index is 0.467. The molecule has 16 heavy (non-hydrogen) atoms. The minimum Gasteiger partial charge on any atom is -0.379 e. The summed E-state index contributed by atoms with van der Waals surface area (Å²) < 4.78 is 10.5. The quantitative estimate of drug-likeness (QED) is 0.775. The monoisotopic (exact) mass is 224 g/mol.